The zero-order chi connectivity index (χ0) is 15.9. The number of hydrogen-bond donors (Lipinski definition) is 2. The second-order valence-electron chi connectivity index (χ2n) is 5.31. The lowest BCUT2D eigenvalue weighted by atomic mass is 10.2. The fraction of sp³-hybridized carbons (Fsp3) is 0.357. The monoisotopic (exact) mass is 299 g/mol. The maximum atomic E-state index is 12.4. The van der Waals surface area contributed by atoms with Crippen LogP contribution in [0.15, 0.2) is 12.1 Å². The van der Waals surface area contributed by atoms with Gasteiger partial charge >= 0.3 is 0 Å². The first-order valence-electron chi connectivity index (χ1n) is 6.98. The van der Waals surface area contributed by atoms with Crippen molar-refractivity contribution in [2.24, 2.45) is 0 Å². The maximum Gasteiger partial charge on any atom is 0.270 e. The zero-order valence-corrected chi connectivity index (χ0v) is 12.9. The molecule has 0 bridgehead atoms. The molecule has 114 valence electrons. The van der Waals surface area contributed by atoms with E-state index in [1.54, 1.807) is 10.6 Å². The van der Waals surface area contributed by atoms with Crippen LogP contribution in [0.25, 0.3) is 5.65 Å². The predicted molar refractivity (Wildman–Crippen MR) is 79.5 cm³/mol. The van der Waals surface area contributed by atoms with Gasteiger partial charge in [0.15, 0.2) is 11.5 Å². The third kappa shape index (κ3) is 2.54. The van der Waals surface area contributed by atoms with Crippen molar-refractivity contribution in [3.63, 3.8) is 0 Å². The summed E-state index contributed by atoms with van der Waals surface area (Å²) in [7, 11) is 0. The van der Waals surface area contributed by atoms with E-state index in [2.05, 4.69) is 30.6 Å². The van der Waals surface area contributed by atoms with Crippen LogP contribution in [-0.4, -0.2) is 35.7 Å². The number of aromatic nitrogens is 6. The van der Waals surface area contributed by atoms with Crippen molar-refractivity contribution in [3.05, 3.63) is 40.9 Å². The van der Waals surface area contributed by atoms with Crippen molar-refractivity contribution in [1.29, 1.82) is 0 Å². The van der Waals surface area contributed by atoms with Crippen LogP contribution in [-0.2, 0) is 0 Å². The summed E-state index contributed by atoms with van der Waals surface area (Å²) in [4.78, 5) is 20.9. The number of nitrogens with one attached hydrogen (secondary N) is 2. The highest BCUT2D eigenvalue weighted by atomic mass is 16.1. The summed E-state index contributed by atoms with van der Waals surface area (Å²) < 4.78 is 1.72. The highest BCUT2D eigenvalue weighted by molar-refractivity contribution is 5.93. The van der Waals surface area contributed by atoms with E-state index in [0.717, 1.165) is 11.4 Å². The minimum atomic E-state index is -0.303. The van der Waals surface area contributed by atoms with E-state index in [9.17, 15) is 4.79 Å². The second-order valence-corrected chi connectivity index (χ2v) is 5.31. The van der Waals surface area contributed by atoms with E-state index in [1.807, 2.05) is 33.8 Å². The van der Waals surface area contributed by atoms with Gasteiger partial charge in [-0.3, -0.25) is 9.89 Å². The molecule has 0 aliphatic carbocycles. The highest BCUT2D eigenvalue weighted by Gasteiger charge is 2.17. The van der Waals surface area contributed by atoms with E-state index < -0.39 is 0 Å². The molecule has 8 nitrogen and oxygen atoms in total. The Morgan fingerprint density at radius 1 is 1.27 bits per heavy atom. The molecule has 3 rings (SSSR count). The molecule has 1 atom stereocenters. The Morgan fingerprint density at radius 2 is 2.05 bits per heavy atom. The first-order chi connectivity index (χ1) is 10.4. The molecule has 1 amide bonds. The highest BCUT2D eigenvalue weighted by Crippen LogP contribution is 2.11. The summed E-state index contributed by atoms with van der Waals surface area (Å²) in [6.07, 6.45) is 0. The SMILES string of the molecule is Cc1cc2nc(C(=O)N[C@@H](C)c3n[nH]c(C)n3)cc(C)n2n1. The van der Waals surface area contributed by atoms with Crippen molar-refractivity contribution in [1.82, 2.24) is 35.1 Å². The number of carbonyl (C=O) groups excluding carboxylic acids is 1. The molecule has 0 radical (unpaired) electrons. The number of aryl methyl sites for hydroxylation is 3. The molecule has 0 saturated carbocycles. The van der Waals surface area contributed by atoms with E-state index in [0.29, 0.717) is 23.0 Å². The van der Waals surface area contributed by atoms with Gasteiger partial charge in [-0.2, -0.15) is 10.2 Å². The normalized spacial score (nSPS) is 12.5. The van der Waals surface area contributed by atoms with Gasteiger partial charge in [0.25, 0.3) is 5.91 Å². The molecule has 3 aromatic heterocycles. The fourth-order valence-corrected chi connectivity index (χ4v) is 2.24. The minimum Gasteiger partial charge on any atom is -0.341 e. The molecule has 0 saturated heterocycles. The molecule has 3 heterocycles. The number of carbonyl (C=O) groups is 1. The van der Waals surface area contributed by atoms with Crippen LogP contribution in [0.1, 0.15) is 46.5 Å². The topological polar surface area (TPSA) is 101 Å². The van der Waals surface area contributed by atoms with E-state index >= 15 is 0 Å². The molecule has 22 heavy (non-hydrogen) atoms. The lowest BCUT2D eigenvalue weighted by Gasteiger charge is -2.10. The van der Waals surface area contributed by atoms with Gasteiger partial charge in [0, 0.05) is 11.8 Å². The maximum absolute atomic E-state index is 12.4. The number of aromatic amines is 1. The van der Waals surface area contributed by atoms with Gasteiger partial charge < -0.3 is 5.32 Å². The quantitative estimate of drug-likeness (QED) is 0.758. The largest absolute Gasteiger partial charge is 0.341 e. The Kier molecular flexibility index (Phi) is 3.36. The van der Waals surface area contributed by atoms with Crippen LogP contribution in [0.4, 0.5) is 0 Å². The van der Waals surface area contributed by atoms with Crippen LogP contribution in [0, 0.1) is 20.8 Å². The van der Waals surface area contributed by atoms with Gasteiger partial charge in [-0.05, 0) is 33.8 Å². The average molecular weight is 299 g/mol. The van der Waals surface area contributed by atoms with E-state index in [4.69, 9.17) is 0 Å². The van der Waals surface area contributed by atoms with Gasteiger partial charge in [0.2, 0.25) is 0 Å². The summed E-state index contributed by atoms with van der Waals surface area (Å²) in [5.74, 6) is 0.990. The molecule has 0 aliphatic heterocycles. The average Bonchev–Trinajstić information content (AvgIpc) is 3.04. The second kappa shape index (κ2) is 5.21. The van der Waals surface area contributed by atoms with Crippen LogP contribution in [0.3, 0.4) is 0 Å². The molecular formula is C14H17N7O. The molecule has 8 heteroatoms. The number of rotatable bonds is 3. The number of H-pyrrole nitrogens is 1. The Bertz CT molecular complexity index is 848. The van der Waals surface area contributed by atoms with Gasteiger partial charge in [0.1, 0.15) is 11.5 Å². The number of hydrogen-bond acceptors (Lipinski definition) is 5. The van der Waals surface area contributed by atoms with Crippen LogP contribution in [0.2, 0.25) is 0 Å². The fourth-order valence-electron chi connectivity index (χ4n) is 2.24. The molecular weight excluding hydrogens is 282 g/mol. The standard InChI is InChI=1S/C14H17N7O/c1-7-5-12-17-11(6-8(2)21(12)20-7)14(22)15-9(3)13-16-10(4)18-19-13/h5-6,9H,1-4H3,(H,15,22)(H,16,18,19)/t9-/m0/s1. The number of nitrogens with zero attached hydrogens (tertiary/aromatic N) is 5. The Labute approximate surface area is 127 Å². The van der Waals surface area contributed by atoms with Gasteiger partial charge in [0.05, 0.1) is 11.7 Å². The number of amides is 1. The van der Waals surface area contributed by atoms with E-state index in [1.165, 1.54) is 0 Å². The Hall–Kier alpha value is -2.77. The van der Waals surface area contributed by atoms with Crippen molar-refractivity contribution in [2.45, 2.75) is 33.7 Å². The zero-order valence-electron chi connectivity index (χ0n) is 12.9. The summed E-state index contributed by atoms with van der Waals surface area (Å²) in [6.45, 7) is 7.42. The molecule has 0 aliphatic rings. The molecule has 0 aromatic carbocycles. The molecule has 0 spiro atoms. The Balaban J connectivity index is 1.85. The van der Waals surface area contributed by atoms with Crippen molar-refractivity contribution < 1.29 is 4.79 Å². The summed E-state index contributed by atoms with van der Waals surface area (Å²) >= 11 is 0. The van der Waals surface area contributed by atoms with Crippen LogP contribution >= 0.6 is 0 Å². The van der Waals surface area contributed by atoms with Crippen LogP contribution in [0.5, 0.6) is 0 Å². The van der Waals surface area contributed by atoms with Gasteiger partial charge in [-0.1, -0.05) is 0 Å². The predicted octanol–water partition coefficient (Wildman–Crippen LogP) is 1.26. The lowest BCUT2D eigenvalue weighted by Crippen LogP contribution is -2.28. The van der Waals surface area contributed by atoms with E-state index in [-0.39, 0.29) is 11.9 Å². The summed E-state index contributed by atoms with van der Waals surface area (Å²) in [6, 6.07) is 3.25. The van der Waals surface area contributed by atoms with Crippen molar-refractivity contribution >= 4 is 11.6 Å². The third-order valence-electron chi connectivity index (χ3n) is 3.31. The molecule has 2 N–H and O–H groups in total. The lowest BCUT2D eigenvalue weighted by molar-refractivity contribution is 0.0933. The molecule has 3 aromatic rings. The van der Waals surface area contributed by atoms with Gasteiger partial charge in [-0.25, -0.2) is 14.5 Å². The summed E-state index contributed by atoms with van der Waals surface area (Å²) in [5, 5.41) is 14.0. The van der Waals surface area contributed by atoms with Crippen molar-refractivity contribution in [3.8, 4) is 0 Å². The molecule has 0 fully saturated rings. The van der Waals surface area contributed by atoms with Gasteiger partial charge in [-0.15, -0.1) is 0 Å². The third-order valence-corrected chi connectivity index (χ3v) is 3.31. The first-order valence-corrected chi connectivity index (χ1v) is 6.98. The Morgan fingerprint density at radius 3 is 2.73 bits per heavy atom. The number of fused-ring (bicyclic) bond motifs is 1. The van der Waals surface area contributed by atoms with Crippen molar-refractivity contribution in [2.75, 3.05) is 0 Å². The molecule has 0 unspecified atom stereocenters. The summed E-state index contributed by atoms with van der Waals surface area (Å²) in [5.41, 5.74) is 2.72. The first kappa shape index (κ1) is 14.2. The van der Waals surface area contributed by atoms with Crippen LogP contribution < -0.4 is 5.32 Å². The smallest absolute Gasteiger partial charge is 0.270 e. The minimum absolute atomic E-state index is 0.264.